The molecule has 0 aromatic carbocycles. The van der Waals surface area contributed by atoms with E-state index in [9.17, 15) is 4.79 Å². The summed E-state index contributed by atoms with van der Waals surface area (Å²) in [6.07, 6.45) is 5.10. The molecule has 3 rings (SSSR count). The summed E-state index contributed by atoms with van der Waals surface area (Å²) in [5.41, 5.74) is 0.829. The minimum Gasteiger partial charge on any atom is -0.356 e. The number of nitrogens with zero attached hydrogens (tertiary/aromatic N) is 7. The van der Waals surface area contributed by atoms with E-state index in [0.717, 1.165) is 23.9 Å². The van der Waals surface area contributed by atoms with E-state index >= 15 is 0 Å². The maximum Gasteiger partial charge on any atom is 0.246 e. The Hall–Kier alpha value is -2.18. The Morgan fingerprint density at radius 1 is 1.38 bits per heavy atom. The molecule has 160 valence electrons. The third-order valence-electron chi connectivity index (χ3n) is 4.59. The molecule has 3 heterocycles. The molecule has 10 nitrogen and oxygen atoms in total. The van der Waals surface area contributed by atoms with Crippen LogP contribution < -0.4 is 10.2 Å². The van der Waals surface area contributed by atoms with Gasteiger partial charge in [-0.15, -0.1) is 24.0 Å². The molecule has 0 radical (unpaired) electrons. The van der Waals surface area contributed by atoms with Crippen LogP contribution >= 0.6 is 24.0 Å². The second-order valence-electron chi connectivity index (χ2n) is 7.12. The van der Waals surface area contributed by atoms with Crippen LogP contribution in [0.3, 0.4) is 0 Å². The standard InChI is InChI=1S/C18H28N8O2.HI/c1-13(2)17-22-15(28-23-17)6-5-7-20-18(19-3)25-8-9-26(16(27)12-25)14-10-21-24(4)11-14;/h10-11,13H,5-9,12H2,1-4H3,(H,19,20);1H. The second kappa shape index (κ2) is 10.6. The van der Waals surface area contributed by atoms with Gasteiger partial charge in [0.25, 0.3) is 0 Å². The van der Waals surface area contributed by atoms with Crippen molar-refractivity contribution in [1.82, 2.24) is 30.1 Å². The fraction of sp³-hybridized carbons (Fsp3) is 0.611. The van der Waals surface area contributed by atoms with E-state index in [1.54, 1.807) is 22.8 Å². The number of piperazine rings is 1. The van der Waals surface area contributed by atoms with E-state index in [4.69, 9.17) is 4.52 Å². The molecule has 1 saturated heterocycles. The summed E-state index contributed by atoms with van der Waals surface area (Å²) >= 11 is 0. The molecular weight excluding hydrogens is 487 g/mol. The zero-order valence-corrected chi connectivity index (χ0v) is 19.7. The smallest absolute Gasteiger partial charge is 0.246 e. The van der Waals surface area contributed by atoms with Gasteiger partial charge in [0.05, 0.1) is 11.9 Å². The zero-order valence-electron chi connectivity index (χ0n) is 17.3. The number of guanidine groups is 1. The van der Waals surface area contributed by atoms with Crippen LogP contribution in [0.4, 0.5) is 5.69 Å². The van der Waals surface area contributed by atoms with Crippen molar-refractivity contribution in [2.45, 2.75) is 32.6 Å². The van der Waals surface area contributed by atoms with Crippen molar-refractivity contribution in [3.05, 3.63) is 24.1 Å². The van der Waals surface area contributed by atoms with Gasteiger partial charge in [-0.05, 0) is 6.42 Å². The number of nitrogens with one attached hydrogen (secondary N) is 1. The highest BCUT2D eigenvalue weighted by Gasteiger charge is 2.27. The summed E-state index contributed by atoms with van der Waals surface area (Å²) in [5.74, 6) is 2.42. The predicted octanol–water partition coefficient (Wildman–Crippen LogP) is 1.40. The van der Waals surface area contributed by atoms with Crippen LogP contribution in [0.1, 0.15) is 37.9 Å². The Morgan fingerprint density at radius 2 is 2.17 bits per heavy atom. The van der Waals surface area contributed by atoms with E-state index in [1.807, 2.05) is 32.0 Å². The van der Waals surface area contributed by atoms with Crippen LogP contribution in [0.25, 0.3) is 0 Å². The highest BCUT2D eigenvalue weighted by Crippen LogP contribution is 2.16. The second-order valence-corrected chi connectivity index (χ2v) is 7.12. The number of carbonyl (C=O) groups is 1. The lowest BCUT2D eigenvalue weighted by atomic mass is 10.2. The minimum absolute atomic E-state index is 0. The molecule has 1 aliphatic rings. The van der Waals surface area contributed by atoms with Gasteiger partial charge in [0.2, 0.25) is 11.8 Å². The van der Waals surface area contributed by atoms with Gasteiger partial charge in [-0.3, -0.25) is 14.5 Å². The molecule has 2 aromatic rings. The maximum atomic E-state index is 12.5. The number of halogens is 1. The quantitative estimate of drug-likeness (QED) is 0.268. The van der Waals surface area contributed by atoms with Crippen molar-refractivity contribution in [3.8, 4) is 0 Å². The molecule has 1 fully saturated rings. The topological polar surface area (TPSA) is 105 Å². The maximum absolute atomic E-state index is 12.5. The Labute approximate surface area is 187 Å². The first kappa shape index (κ1) is 23.1. The number of anilines is 1. The summed E-state index contributed by atoms with van der Waals surface area (Å²) in [5, 5.41) is 11.4. The largest absolute Gasteiger partial charge is 0.356 e. The van der Waals surface area contributed by atoms with Crippen molar-refractivity contribution >= 4 is 41.5 Å². The number of carbonyl (C=O) groups excluding carboxylic acids is 1. The first-order chi connectivity index (χ1) is 13.5. The molecule has 1 amide bonds. The molecule has 1 aliphatic heterocycles. The number of aryl methyl sites for hydroxylation is 2. The first-order valence-electron chi connectivity index (χ1n) is 9.55. The molecule has 0 unspecified atom stereocenters. The van der Waals surface area contributed by atoms with E-state index in [0.29, 0.717) is 31.9 Å². The third kappa shape index (κ3) is 5.90. The number of rotatable bonds is 6. The van der Waals surface area contributed by atoms with Gasteiger partial charge in [-0.2, -0.15) is 10.1 Å². The SMILES string of the molecule is CN=C(NCCCc1nc(C(C)C)no1)N1CCN(c2cnn(C)c2)C(=O)C1.I. The van der Waals surface area contributed by atoms with Crippen molar-refractivity contribution in [3.63, 3.8) is 0 Å². The fourth-order valence-electron chi connectivity index (χ4n) is 3.05. The summed E-state index contributed by atoms with van der Waals surface area (Å²) in [4.78, 5) is 25.0. The fourth-order valence-corrected chi connectivity index (χ4v) is 3.05. The highest BCUT2D eigenvalue weighted by molar-refractivity contribution is 14.0. The van der Waals surface area contributed by atoms with Crippen LogP contribution in [-0.2, 0) is 18.3 Å². The van der Waals surface area contributed by atoms with Crippen LogP contribution in [-0.4, -0.2) is 69.9 Å². The highest BCUT2D eigenvalue weighted by atomic mass is 127. The van der Waals surface area contributed by atoms with Crippen LogP contribution in [0.2, 0.25) is 0 Å². The van der Waals surface area contributed by atoms with Gasteiger partial charge in [0.15, 0.2) is 11.8 Å². The van der Waals surface area contributed by atoms with E-state index in [2.05, 4.69) is 25.5 Å². The van der Waals surface area contributed by atoms with Gasteiger partial charge in [0, 0.05) is 52.3 Å². The molecular formula is C18H29IN8O2. The van der Waals surface area contributed by atoms with Crippen LogP contribution in [0, 0.1) is 0 Å². The Kier molecular flexibility index (Phi) is 8.41. The Morgan fingerprint density at radius 3 is 2.76 bits per heavy atom. The molecule has 0 aliphatic carbocycles. The molecule has 2 aromatic heterocycles. The van der Waals surface area contributed by atoms with E-state index in [-0.39, 0.29) is 42.3 Å². The lowest BCUT2D eigenvalue weighted by molar-refractivity contribution is -0.120. The molecule has 29 heavy (non-hydrogen) atoms. The molecule has 0 spiro atoms. The molecule has 1 N–H and O–H groups in total. The zero-order chi connectivity index (χ0) is 20.1. The average Bonchev–Trinajstić information content (AvgIpc) is 3.31. The normalized spacial score (nSPS) is 15.1. The van der Waals surface area contributed by atoms with Crippen molar-refractivity contribution in [2.75, 3.05) is 38.1 Å². The average molecular weight is 516 g/mol. The van der Waals surface area contributed by atoms with E-state index < -0.39 is 0 Å². The first-order valence-corrected chi connectivity index (χ1v) is 9.55. The van der Waals surface area contributed by atoms with E-state index in [1.165, 1.54) is 0 Å². The molecule has 11 heteroatoms. The van der Waals surface area contributed by atoms with Crippen molar-refractivity contribution in [2.24, 2.45) is 12.0 Å². The Bertz CT molecular complexity index is 831. The van der Waals surface area contributed by atoms with Gasteiger partial charge < -0.3 is 19.6 Å². The van der Waals surface area contributed by atoms with Gasteiger partial charge in [-0.25, -0.2) is 0 Å². The number of aromatic nitrogens is 4. The molecule has 0 bridgehead atoms. The van der Waals surface area contributed by atoms with Crippen LogP contribution in [0.5, 0.6) is 0 Å². The van der Waals surface area contributed by atoms with Gasteiger partial charge in [-0.1, -0.05) is 19.0 Å². The summed E-state index contributed by atoms with van der Waals surface area (Å²) in [6.45, 7) is 6.39. The minimum atomic E-state index is 0. The number of hydrogen-bond donors (Lipinski definition) is 1. The summed E-state index contributed by atoms with van der Waals surface area (Å²) < 4.78 is 6.96. The summed E-state index contributed by atoms with van der Waals surface area (Å²) in [7, 11) is 3.57. The van der Waals surface area contributed by atoms with Crippen molar-refractivity contribution < 1.29 is 9.32 Å². The van der Waals surface area contributed by atoms with Crippen LogP contribution in [0.15, 0.2) is 21.9 Å². The summed E-state index contributed by atoms with van der Waals surface area (Å²) in [6, 6.07) is 0. The third-order valence-corrected chi connectivity index (χ3v) is 4.59. The number of amides is 1. The Balaban J connectivity index is 0.00000300. The van der Waals surface area contributed by atoms with Gasteiger partial charge in [0.1, 0.15) is 6.54 Å². The van der Waals surface area contributed by atoms with Gasteiger partial charge >= 0.3 is 0 Å². The predicted molar refractivity (Wildman–Crippen MR) is 121 cm³/mol. The molecule has 0 atom stereocenters. The monoisotopic (exact) mass is 516 g/mol. The lowest BCUT2D eigenvalue weighted by Crippen LogP contribution is -2.55. The van der Waals surface area contributed by atoms with Crippen molar-refractivity contribution in [1.29, 1.82) is 0 Å². The number of hydrogen-bond acceptors (Lipinski definition) is 6. The molecule has 0 saturated carbocycles. The number of aliphatic imine (C=N–C) groups is 1. The lowest BCUT2D eigenvalue weighted by Gasteiger charge is -2.35.